The van der Waals surface area contributed by atoms with Gasteiger partial charge in [0, 0.05) is 5.56 Å². The van der Waals surface area contributed by atoms with E-state index in [9.17, 15) is 4.79 Å². The first-order chi connectivity index (χ1) is 18.1. The van der Waals surface area contributed by atoms with Crippen molar-refractivity contribution in [3.8, 4) is 22.9 Å². The number of para-hydroxylation sites is 1. The summed E-state index contributed by atoms with van der Waals surface area (Å²) in [5.74, 6) is 2.26. The van der Waals surface area contributed by atoms with Gasteiger partial charge in [-0.1, -0.05) is 26.0 Å². The van der Waals surface area contributed by atoms with Crippen LogP contribution in [0.15, 0.2) is 67.4 Å². The zero-order valence-corrected chi connectivity index (χ0v) is 25.6. The number of aryl methyl sites for hydroxylation is 1. The SMILES string of the molecule is CCOc1cc(C)c(-c2nc3ccccc3c(=O)n2N=Cc2cc(Br)c(OC(C)C)c(Br)c2)cc1C(C)C. The van der Waals surface area contributed by atoms with Gasteiger partial charge in [-0.05, 0) is 119 Å². The number of benzene rings is 3. The molecule has 0 bridgehead atoms. The molecular formula is C30H31Br2N3O3. The van der Waals surface area contributed by atoms with Gasteiger partial charge in [-0.3, -0.25) is 4.79 Å². The summed E-state index contributed by atoms with van der Waals surface area (Å²) in [4.78, 5) is 18.6. The van der Waals surface area contributed by atoms with E-state index < -0.39 is 0 Å². The van der Waals surface area contributed by atoms with Crippen LogP contribution in [0.4, 0.5) is 0 Å². The number of halogens is 2. The molecule has 0 amide bonds. The maximum atomic E-state index is 13.7. The lowest BCUT2D eigenvalue weighted by atomic mass is 9.96. The molecule has 4 aromatic rings. The van der Waals surface area contributed by atoms with Crippen LogP contribution in [0.1, 0.15) is 57.2 Å². The van der Waals surface area contributed by atoms with Crippen molar-refractivity contribution in [2.45, 2.75) is 53.6 Å². The molecule has 6 nitrogen and oxygen atoms in total. The van der Waals surface area contributed by atoms with Crippen LogP contribution in [0.3, 0.4) is 0 Å². The molecule has 38 heavy (non-hydrogen) atoms. The van der Waals surface area contributed by atoms with Gasteiger partial charge in [0.1, 0.15) is 11.5 Å². The molecule has 0 N–H and O–H groups in total. The quantitative estimate of drug-likeness (QED) is 0.183. The normalized spacial score (nSPS) is 11.7. The molecule has 0 atom stereocenters. The fourth-order valence-electron chi connectivity index (χ4n) is 4.20. The number of ether oxygens (including phenoxy) is 2. The van der Waals surface area contributed by atoms with Crippen molar-refractivity contribution in [3.63, 3.8) is 0 Å². The third-order valence-electron chi connectivity index (χ3n) is 5.97. The number of nitrogens with zero attached hydrogens (tertiary/aromatic N) is 3. The molecule has 0 aliphatic rings. The molecule has 0 unspecified atom stereocenters. The van der Waals surface area contributed by atoms with Gasteiger partial charge in [0.05, 0.1) is 38.8 Å². The monoisotopic (exact) mass is 639 g/mol. The van der Waals surface area contributed by atoms with E-state index in [1.807, 2.05) is 64.1 Å². The standard InChI is InChI=1S/C30H31Br2N3O3/c1-7-37-27-12-19(6)23(15-22(27)17(2)3)29-34-26-11-9-8-10-21(26)30(36)35(29)33-16-20-13-24(31)28(25(32)14-20)38-18(4)5/h8-18H,7H2,1-6H3. The Balaban J connectivity index is 1.92. The van der Waals surface area contributed by atoms with Crippen LogP contribution >= 0.6 is 31.9 Å². The summed E-state index contributed by atoms with van der Waals surface area (Å²) in [6.45, 7) is 12.7. The topological polar surface area (TPSA) is 65.7 Å². The highest BCUT2D eigenvalue weighted by Crippen LogP contribution is 2.36. The molecule has 0 saturated heterocycles. The van der Waals surface area contributed by atoms with Crippen molar-refractivity contribution >= 4 is 49.0 Å². The summed E-state index contributed by atoms with van der Waals surface area (Å²) >= 11 is 7.18. The first-order valence-corrected chi connectivity index (χ1v) is 14.2. The number of rotatable bonds is 8. The number of hydrogen-bond acceptors (Lipinski definition) is 5. The molecule has 0 fully saturated rings. The predicted octanol–water partition coefficient (Wildman–Crippen LogP) is 8.09. The van der Waals surface area contributed by atoms with Crippen LogP contribution in [0.25, 0.3) is 22.3 Å². The van der Waals surface area contributed by atoms with Crippen LogP contribution in [0.2, 0.25) is 0 Å². The van der Waals surface area contributed by atoms with Gasteiger partial charge < -0.3 is 9.47 Å². The second kappa shape index (κ2) is 11.8. The van der Waals surface area contributed by atoms with Gasteiger partial charge in [-0.25, -0.2) is 4.98 Å². The molecule has 0 aliphatic carbocycles. The van der Waals surface area contributed by atoms with Gasteiger partial charge in [0.25, 0.3) is 5.56 Å². The summed E-state index contributed by atoms with van der Waals surface area (Å²) in [5, 5.41) is 5.16. The van der Waals surface area contributed by atoms with Crippen LogP contribution in [0, 0.1) is 6.92 Å². The molecule has 0 radical (unpaired) electrons. The summed E-state index contributed by atoms with van der Waals surface area (Å²) in [6, 6.07) is 15.2. The van der Waals surface area contributed by atoms with Gasteiger partial charge in [0.2, 0.25) is 0 Å². The molecule has 3 aromatic carbocycles. The minimum absolute atomic E-state index is 0.0278. The average molecular weight is 641 g/mol. The van der Waals surface area contributed by atoms with E-state index in [4.69, 9.17) is 14.5 Å². The second-order valence-corrected chi connectivity index (χ2v) is 11.3. The van der Waals surface area contributed by atoms with Crippen molar-refractivity contribution in [1.82, 2.24) is 9.66 Å². The van der Waals surface area contributed by atoms with E-state index in [0.717, 1.165) is 36.9 Å². The van der Waals surface area contributed by atoms with Gasteiger partial charge in [-0.2, -0.15) is 9.78 Å². The van der Waals surface area contributed by atoms with E-state index in [1.165, 1.54) is 4.68 Å². The Morgan fingerprint density at radius 1 is 1.05 bits per heavy atom. The molecule has 0 spiro atoms. The summed E-state index contributed by atoms with van der Waals surface area (Å²) in [5.41, 5.74) is 4.01. The van der Waals surface area contributed by atoms with Crippen LogP contribution in [-0.4, -0.2) is 28.6 Å². The van der Waals surface area contributed by atoms with Crippen molar-refractivity contribution in [2.75, 3.05) is 6.61 Å². The van der Waals surface area contributed by atoms with Crippen LogP contribution < -0.4 is 15.0 Å². The number of fused-ring (bicyclic) bond motifs is 1. The highest BCUT2D eigenvalue weighted by molar-refractivity contribution is 9.11. The predicted molar refractivity (Wildman–Crippen MR) is 162 cm³/mol. The maximum Gasteiger partial charge on any atom is 0.282 e. The Hall–Kier alpha value is -2.97. The molecule has 0 aliphatic heterocycles. The largest absolute Gasteiger partial charge is 0.494 e. The van der Waals surface area contributed by atoms with Crippen molar-refractivity contribution in [2.24, 2.45) is 5.10 Å². The fraction of sp³-hybridized carbons (Fsp3) is 0.300. The number of hydrogen-bond donors (Lipinski definition) is 0. The minimum Gasteiger partial charge on any atom is -0.494 e. The molecule has 8 heteroatoms. The van der Waals surface area contributed by atoms with E-state index >= 15 is 0 Å². The van der Waals surface area contributed by atoms with Crippen LogP contribution in [0.5, 0.6) is 11.5 Å². The Morgan fingerprint density at radius 2 is 1.74 bits per heavy atom. The molecule has 198 valence electrons. The van der Waals surface area contributed by atoms with Crippen molar-refractivity contribution in [3.05, 3.63) is 84.5 Å². The molecule has 0 saturated carbocycles. The third-order valence-corrected chi connectivity index (χ3v) is 7.15. The van der Waals surface area contributed by atoms with Gasteiger partial charge >= 0.3 is 0 Å². The highest BCUT2D eigenvalue weighted by Gasteiger charge is 2.19. The zero-order valence-electron chi connectivity index (χ0n) is 22.4. The van der Waals surface area contributed by atoms with E-state index in [1.54, 1.807) is 12.3 Å². The Labute approximate surface area is 240 Å². The van der Waals surface area contributed by atoms with Crippen LogP contribution in [-0.2, 0) is 0 Å². The average Bonchev–Trinajstić information content (AvgIpc) is 2.85. The Bertz CT molecular complexity index is 1550. The Kier molecular flexibility index (Phi) is 8.73. The molecule has 1 aromatic heterocycles. The second-order valence-electron chi connectivity index (χ2n) is 9.59. The zero-order chi connectivity index (χ0) is 27.6. The van der Waals surface area contributed by atoms with E-state index in [0.29, 0.717) is 29.1 Å². The van der Waals surface area contributed by atoms with Gasteiger partial charge in [-0.15, -0.1) is 0 Å². The molecule has 4 rings (SSSR count). The lowest BCUT2D eigenvalue weighted by Gasteiger charge is -2.18. The lowest BCUT2D eigenvalue weighted by Crippen LogP contribution is -2.21. The third kappa shape index (κ3) is 5.86. The van der Waals surface area contributed by atoms with E-state index in [-0.39, 0.29) is 17.6 Å². The molecule has 1 heterocycles. The summed E-state index contributed by atoms with van der Waals surface area (Å²) in [6.07, 6.45) is 1.68. The summed E-state index contributed by atoms with van der Waals surface area (Å²) in [7, 11) is 0. The minimum atomic E-state index is -0.237. The van der Waals surface area contributed by atoms with Crippen molar-refractivity contribution in [1.29, 1.82) is 0 Å². The van der Waals surface area contributed by atoms with Crippen molar-refractivity contribution < 1.29 is 9.47 Å². The van der Waals surface area contributed by atoms with Gasteiger partial charge in [0.15, 0.2) is 5.82 Å². The Morgan fingerprint density at radius 3 is 2.37 bits per heavy atom. The smallest absolute Gasteiger partial charge is 0.282 e. The fourth-order valence-corrected chi connectivity index (χ4v) is 5.61. The first-order valence-electron chi connectivity index (χ1n) is 12.6. The highest BCUT2D eigenvalue weighted by atomic mass is 79.9. The maximum absolute atomic E-state index is 13.7. The first kappa shape index (κ1) is 28.0. The lowest BCUT2D eigenvalue weighted by molar-refractivity contribution is 0.239. The number of aromatic nitrogens is 2. The summed E-state index contributed by atoms with van der Waals surface area (Å²) < 4.78 is 14.8. The van der Waals surface area contributed by atoms with E-state index in [2.05, 4.69) is 56.9 Å². The molecular weight excluding hydrogens is 610 g/mol.